The number of aryl methyl sites for hydroxylation is 1. The zero-order valence-corrected chi connectivity index (χ0v) is 10.5. The van der Waals surface area contributed by atoms with E-state index >= 15 is 0 Å². The van der Waals surface area contributed by atoms with Crippen molar-refractivity contribution in [1.29, 1.82) is 0 Å². The lowest BCUT2D eigenvalue weighted by Crippen LogP contribution is -2.13. The minimum absolute atomic E-state index is 0.0900. The van der Waals surface area contributed by atoms with E-state index in [4.69, 9.17) is 4.74 Å². The summed E-state index contributed by atoms with van der Waals surface area (Å²) in [6.07, 6.45) is 1.74. The molecular weight excluding hydrogens is 230 g/mol. The Morgan fingerprint density at radius 2 is 2.06 bits per heavy atom. The molecule has 0 N–H and O–H groups in total. The molecule has 5 heteroatoms. The molecule has 0 saturated heterocycles. The van der Waals surface area contributed by atoms with Gasteiger partial charge in [-0.15, -0.1) is 5.10 Å². The molecule has 0 radical (unpaired) electrons. The van der Waals surface area contributed by atoms with E-state index in [0.717, 1.165) is 11.3 Å². The van der Waals surface area contributed by atoms with Gasteiger partial charge in [-0.3, -0.25) is 4.79 Å². The number of rotatable bonds is 4. The number of ether oxygens (including phenoxy) is 1. The number of hydrogen-bond acceptors (Lipinski definition) is 4. The van der Waals surface area contributed by atoms with Crippen LogP contribution in [-0.2, 0) is 16.1 Å². The van der Waals surface area contributed by atoms with E-state index in [0.29, 0.717) is 6.61 Å². The quantitative estimate of drug-likeness (QED) is 0.771. The number of nitrogens with zero attached hydrogens (tertiary/aromatic N) is 3. The Hall–Kier alpha value is -2.17. The predicted octanol–water partition coefficient (Wildman–Crippen LogP) is 1.82. The fourth-order valence-corrected chi connectivity index (χ4v) is 1.57. The molecule has 2 aromatic rings. The van der Waals surface area contributed by atoms with Crippen molar-refractivity contribution in [2.45, 2.75) is 20.4 Å². The number of aromatic nitrogens is 3. The fraction of sp³-hybridized carbons (Fsp3) is 0.308. The third-order valence-electron chi connectivity index (χ3n) is 2.48. The molecule has 0 aliphatic rings. The highest BCUT2D eigenvalue weighted by atomic mass is 16.5. The first-order valence-electron chi connectivity index (χ1n) is 5.82. The number of esters is 1. The van der Waals surface area contributed by atoms with Gasteiger partial charge in [-0.2, -0.15) is 0 Å². The molecule has 0 atom stereocenters. The van der Waals surface area contributed by atoms with Crippen LogP contribution in [0.15, 0.2) is 30.5 Å². The van der Waals surface area contributed by atoms with Crippen LogP contribution >= 0.6 is 0 Å². The molecule has 0 amide bonds. The van der Waals surface area contributed by atoms with Crippen LogP contribution in [0, 0.1) is 6.92 Å². The lowest BCUT2D eigenvalue weighted by molar-refractivity contribution is -0.144. The summed E-state index contributed by atoms with van der Waals surface area (Å²) in [6.45, 7) is 4.27. The zero-order chi connectivity index (χ0) is 13.0. The van der Waals surface area contributed by atoms with Crippen LogP contribution in [-0.4, -0.2) is 27.6 Å². The van der Waals surface area contributed by atoms with Gasteiger partial charge >= 0.3 is 5.97 Å². The van der Waals surface area contributed by atoms with Crippen molar-refractivity contribution in [1.82, 2.24) is 15.0 Å². The Bertz CT molecular complexity index is 531. The average Bonchev–Trinajstić information content (AvgIpc) is 2.78. The predicted molar refractivity (Wildman–Crippen MR) is 66.8 cm³/mol. The lowest BCUT2D eigenvalue weighted by atomic mass is 10.1. The average molecular weight is 245 g/mol. The highest BCUT2D eigenvalue weighted by Gasteiger charge is 2.07. The van der Waals surface area contributed by atoms with Crippen LogP contribution in [0.5, 0.6) is 0 Å². The van der Waals surface area contributed by atoms with Gasteiger partial charge < -0.3 is 4.74 Å². The minimum Gasteiger partial charge on any atom is -0.465 e. The van der Waals surface area contributed by atoms with Crippen molar-refractivity contribution < 1.29 is 9.53 Å². The summed E-state index contributed by atoms with van der Waals surface area (Å²) < 4.78 is 6.33. The van der Waals surface area contributed by atoms with Crippen molar-refractivity contribution in [2.24, 2.45) is 0 Å². The molecule has 0 aliphatic heterocycles. The van der Waals surface area contributed by atoms with Crippen LogP contribution in [0.25, 0.3) is 11.3 Å². The summed E-state index contributed by atoms with van der Waals surface area (Å²) in [7, 11) is 0. The van der Waals surface area contributed by atoms with E-state index in [9.17, 15) is 4.79 Å². The van der Waals surface area contributed by atoms with Gasteiger partial charge in [-0.25, -0.2) is 4.68 Å². The fourth-order valence-electron chi connectivity index (χ4n) is 1.57. The van der Waals surface area contributed by atoms with E-state index in [2.05, 4.69) is 10.3 Å². The van der Waals surface area contributed by atoms with E-state index < -0.39 is 0 Å². The van der Waals surface area contributed by atoms with Gasteiger partial charge in [0.25, 0.3) is 0 Å². The van der Waals surface area contributed by atoms with Gasteiger partial charge in [-0.1, -0.05) is 35.0 Å². The third-order valence-corrected chi connectivity index (χ3v) is 2.48. The maximum absolute atomic E-state index is 11.3. The molecule has 2 rings (SSSR count). The Balaban J connectivity index is 2.10. The molecule has 94 valence electrons. The van der Waals surface area contributed by atoms with Crippen LogP contribution < -0.4 is 0 Å². The Kier molecular flexibility index (Phi) is 3.72. The molecule has 1 aromatic heterocycles. The highest BCUT2D eigenvalue weighted by molar-refractivity contribution is 5.69. The first kappa shape index (κ1) is 12.3. The molecule has 1 aromatic carbocycles. The van der Waals surface area contributed by atoms with Gasteiger partial charge in [0, 0.05) is 5.56 Å². The summed E-state index contributed by atoms with van der Waals surface area (Å²) in [5.74, 6) is -0.308. The third kappa shape index (κ3) is 2.94. The first-order valence-corrected chi connectivity index (χ1v) is 5.82. The number of carbonyl (C=O) groups is 1. The zero-order valence-electron chi connectivity index (χ0n) is 10.5. The molecular formula is C13H15N3O2. The van der Waals surface area contributed by atoms with Gasteiger partial charge in [0.15, 0.2) is 0 Å². The number of carbonyl (C=O) groups excluding carboxylic acids is 1. The molecule has 0 aliphatic carbocycles. The van der Waals surface area contributed by atoms with Crippen molar-refractivity contribution in [3.8, 4) is 11.3 Å². The molecule has 1 heterocycles. The summed E-state index contributed by atoms with van der Waals surface area (Å²) in [5.41, 5.74) is 2.92. The second-order valence-electron chi connectivity index (χ2n) is 3.97. The Labute approximate surface area is 105 Å². The minimum atomic E-state index is -0.308. The summed E-state index contributed by atoms with van der Waals surface area (Å²) in [4.78, 5) is 11.3. The normalized spacial score (nSPS) is 10.3. The van der Waals surface area contributed by atoms with Gasteiger partial charge in [0.1, 0.15) is 12.2 Å². The lowest BCUT2D eigenvalue weighted by Gasteiger charge is -2.00. The van der Waals surface area contributed by atoms with E-state index in [1.165, 1.54) is 10.2 Å². The smallest absolute Gasteiger partial charge is 0.327 e. The molecule has 18 heavy (non-hydrogen) atoms. The van der Waals surface area contributed by atoms with Gasteiger partial charge in [-0.05, 0) is 13.8 Å². The van der Waals surface area contributed by atoms with Crippen LogP contribution in [0.1, 0.15) is 12.5 Å². The molecule has 5 nitrogen and oxygen atoms in total. The largest absolute Gasteiger partial charge is 0.465 e. The van der Waals surface area contributed by atoms with Gasteiger partial charge in [0.2, 0.25) is 0 Å². The standard InChI is InChI=1S/C13H15N3O2/c1-3-18-13(17)9-16-8-12(14-15-16)11-6-4-10(2)5-7-11/h4-8H,3,9H2,1-2H3. The highest BCUT2D eigenvalue weighted by Crippen LogP contribution is 2.16. The van der Waals surface area contributed by atoms with Crippen LogP contribution in [0.4, 0.5) is 0 Å². The van der Waals surface area contributed by atoms with Gasteiger partial charge in [0.05, 0.1) is 12.8 Å². The Morgan fingerprint density at radius 1 is 1.33 bits per heavy atom. The maximum atomic E-state index is 11.3. The van der Waals surface area contributed by atoms with Crippen molar-refractivity contribution in [2.75, 3.05) is 6.61 Å². The molecule has 0 saturated carbocycles. The first-order chi connectivity index (χ1) is 8.69. The van der Waals surface area contributed by atoms with Crippen molar-refractivity contribution >= 4 is 5.97 Å². The maximum Gasteiger partial charge on any atom is 0.327 e. The summed E-state index contributed by atoms with van der Waals surface area (Å²) >= 11 is 0. The number of benzene rings is 1. The second kappa shape index (κ2) is 5.44. The summed E-state index contributed by atoms with van der Waals surface area (Å²) in [6, 6.07) is 7.99. The second-order valence-corrected chi connectivity index (χ2v) is 3.97. The molecule has 0 bridgehead atoms. The topological polar surface area (TPSA) is 57.0 Å². The monoisotopic (exact) mass is 245 g/mol. The van der Waals surface area contributed by atoms with E-state index in [-0.39, 0.29) is 12.5 Å². The SMILES string of the molecule is CCOC(=O)Cn1cc(-c2ccc(C)cc2)nn1. The summed E-state index contributed by atoms with van der Waals surface area (Å²) in [5, 5.41) is 7.94. The van der Waals surface area contributed by atoms with E-state index in [1.54, 1.807) is 13.1 Å². The van der Waals surface area contributed by atoms with Crippen molar-refractivity contribution in [3.63, 3.8) is 0 Å². The molecule has 0 unspecified atom stereocenters. The number of hydrogen-bond donors (Lipinski definition) is 0. The Morgan fingerprint density at radius 3 is 2.72 bits per heavy atom. The van der Waals surface area contributed by atoms with Crippen molar-refractivity contribution in [3.05, 3.63) is 36.0 Å². The molecule has 0 spiro atoms. The molecule has 0 fully saturated rings. The van der Waals surface area contributed by atoms with Crippen LogP contribution in [0.2, 0.25) is 0 Å². The van der Waals surface area contributed by atoms with E-state index in [1.807, 2.05) is 31.2 Å². The van der Waals surface area contributed by atoms with Crippen LogP contribution in [0.3, 0.4) is 0 Å².